The molecule has 0 saturated carbocycles. The highest BCUT2D eigenvalue weighted by molar-refractivity contribution is 5.94. The number of nitrogens with one attached hydrogen (secondary N) is 2. The lowest BCUT2D eigenvalue weighted by Crippen LogP contribution is -2.32. The lowest BCUT2D eigenvalue weighted by atomic mass is 10.00. The maximum absolute atomic E-state index is 12.8. The summed E-state index contributed by atoms with van der Waals surface area (Å²) in [6, 6.07) is 28.7. The van der Waals surface area contributed by atoms with E-state index in [0.29, 0.717) is 24.3 Å². The fourth-order valence-corrected chi connectivity index (χ4v) is 4.04. The van der Waals surface area contributed by atoms with Crippen LogP contribution in [0, 0.1) is 0 Å². The van der Waals surface area contributed by atoms with Crippen LogP contribution in [0.1, 0.15) is 46.8 Å². The number of hydrogen-bond acceptors (Lipinski definition) is 4. The molecule has 0 bridgehead atoms. The molecule has 1 saturated heterocycles. The number of rotatable bonds is 9. The van der Waals surface area contributed by atoms with Crippen LogP contribution in [-0.2, 0) is 6.61 Å². The number of ether oxygens (including phenoxy) is 1. The molecule has 3 aromatic carbocycles. The minimum absolute atomic E-state index is 0.0557. The van der Waals surface area contributed by atoms with E-state index in [1.807, 2.05) is 72.6 Å². The van der Waals surface area contributed by atoms with Crippen molar-refractivity contribution in [2.45, 2.75) is 38.0 Å². The third-order valence-electron chi connectivity index (χ3n) is 5.93. The minimum atomic E-state index is 0.0557. The third kappa shape index (κ3) is 5.96. The Morgan fingerprint density at radius 3 is 2.34 bits per heavy atom. The van der Waals surface area contributed by atoms with Gasteiger partial charge in [0.1, 0.15) is 12.4 Å². The van der Waals surface area contributed by atoms with Gasteiger partial charge in [-0.05, 0) is 54.7 Å². The van der Waals surface area contributed by atoms with Gasteiger partial charge in [0.2, 0.25) is 0 Å². The first-order valence-corrected chi connectivity index (χ1v) is 11.3. The minimum Gasteiger partial charge on any atom is -0.489 e. The fraction of sp³-hybridized carbons (Fsp3) is 0.296. The first-order chi connectivity index (χ1) is 15.7. The molecule has 2 atom stereocenters. The summed E-state index contributed by atoms with van der Waals surface area (Å²) >= 11 is 0. The SMILES string of the molecule is CN(CCCC1CC(c2ccccc2)NN1)C(=O)c1ccc(COc2ccccc2)cc1. The summed E-state index contributed by atoms with van der Waals surface area (Å²) in [4.78, 5) is 14.6. The molecule has 0 aliphatic carbocycles. The molecular formula is C27H31N3O2. The topological polar surface area (TPSA) is 53.6 Å². The van der Waals surface area contributed by atoms with E-state index in [4.69, 9.17) is 4.74 Å². The molecule has 5 heteroatoms. The molecule has 0 aromatic heterocycles. The predicted molar refractivity (Wildman–Crippen MR) is 127 cm³/mol. The second-order valence-corrected chi connectivity index (χ2v) is 8.35. The van der Waals surface area contributed by atoms with Crippen LogP contribution >= 0.6 is 0 Å². The molecule has 2 unspecified atom stereocenters. The number of nitrogens with zero attached hydrogens (tertiary/aromatic N) is 1. The van der Waals surface area contributed by atoms with Crippen molar-refractivity contribution in [3.8, 4) is 5.75 Å². The standard InChI is InChI=1S/C27H31N3O2/c1-30(18-8-11-24-19-26(29-28-24)22-9-4-2-5-10-22)27(31)23-16-14-21(15-17-23)20-32-25-12-6-3-7-13-25/h2-7,9-10,12-17,24,26,28-29H,8,11,18-20H2,1H3. The second-order valence-electron chi connectivity index (χ2n) is 8.35. The van der Waals surface area contributed by atoms with E-state index in [0.717, 1.165) is 37.1 Å². The van der Waals surface area contributed by atoms with E-state index >= 15 is 0 Å². The van der Waals surface area contributed by atoms with Crippen LogP contribution in [0.3, 0.4) is 0 Å². The molecule has 1 amide bonds. The predicted octanol–water partition coefficient (Wildman–Crippen LogP) is 4.73. The number of hydrogen-bond donors (Lipinski definition) is 2. The van der Waals surface area contributed by atoms with E-state index in [1.54, 1.807) is 0 Å². The Labute approximate surface area is 190 Å². The molecule has 2 N–H and O–H groups in total. The van der Waals surface area contributed by atoms with Crippen molar-refractivity contribution in [2.24, 2.45) is 0 Å². The Morgan fingerprint density at radius 1 is 0.938 bits per heavy atom. The van der Waals surface area contributed by atoms with Gasteiger partial charge < -0.3 is 9.64 Å². The zero-order valence-corrected chi connectivity index (χ0v) is 18.5. The summed E-state index contributed by atoms with van der Waals surface area (Å²) < 4.78 is 5.77. The summed E-state index contributed by atoms with van der Waals surface area (Å²) in [7, 11) is 1.88. The maximum atomic E-state index is 12.8. The Hall–Kier alpha value is -3.15. The van der Waals surface area contributed by atoms with Gasteiger partial charge in [0.15, 0.2) is 0 Å². The number of amides is 1. The molecular weight excluding hydrogens is 398 g/mol. The molecule has 0 radical (unpaired) electrons. The van der Waals surface area contributed by atoms with Crippen molar-refractivity contribution >= 4 is 5.91 Å². The van der Waals surface area contributed by atoms with Crippen molar-refractivity contribution in [3.63, 3.8) is 0 Å². The molecule has 1 heterocycles. The number of benzene rings is 3. The highest BCUT2D eigenvalue weighted by Crippen LogP contribution is 2.24. The van der Waals surface area contributed by atoms with Gasteiger partial charge in [-0.1, -0.05) is 60.7 Å². The molecule has 0 spiro atoms. The van der Waals surface area contributed by atoms with Crippen molar-refractivity contribution < 1.29 is 9.53 Å². The normalized spacial score (nSPS) is 17.8. The van der Waals surface area contributed by atoms with Crippen LogP contribution in [0.25, 0.3) is 0 Å². The van der Waals surface area contributed by atoms with Crippen molar-refractivity contribution in [2.75, 3.05) is 13.6 Å². The molecule has 5 nitrogen and oxygen atoms in total. The quantitative estimate of drug-likeness (QED) is 0.517. The number of carbonyl (C=O) groups is 1. The van der Waals surface area contributed by atoms with E-state index in [-0.39, 0.29) is 5.91 Å². The molecule has 32 heavy (non-hydrogen) atoms. The summed E-state index contributed by atoms with van der Waals surface area (Å²) in [6.45, 7) is 1.23. The van der Waals surface area contributed by atoms with E-state index < -0.39 is 0 Å². The first kappa shape index (κ1) is 22.1. The van der Waals surface area contributed by atoms with Crippen LogP contribution < -0.4 is 15.6 Å². The van der Waals surface area contributed by atoms with Crippen LogP contribution in [0.15, 0.2) is 84.9 Å². The Morgan fingerprint density at radius 2 is 1.62 bits per heavy atom. The highest BCUT2D eigenvalue weighted by Gasteiger charge is 2.24. The molecule has 166 valence electrons. The fourth-order valence-electron chi connectivity index (χ4n) is 4.04. The van der Waals surface area contributed by atoms with Gasteiger partial charge in [-0.2, -0.15) is 0 Å². The monoisotopic (exact) mass is 429 g/mol. The summed E-state index contributed by atoms with van der Waals surface area (Å²) in [5, 5.41) is 0. The Bertz CT molecular complexity index is 977. The van der Waals surface area contributed by atoms with Gasteiger partial charge in [0.25, 0.3) is 5.91 Å². The summed E-state index contributed by atoms with van der Waals surface area (Å²) in [5.74, 6) is 0.898. The van der Waals surface area contributed by atoms with Crippen molar-refractivity contribution in [1.82, 2.24) is 15.8 Å². The Balaban J connectivity index is 1.19. The average Bonchev–Trinajstić information content (AvgIpc) is 3.33. The zero-order valence-electron chi connectivity index (χ0n) is 18.5. The molecule has 1 aliphatic rings. The second kappa shape index (κ2) is 10.9. The van der Waals surface area contributed by atoms with Crippen molar-refractivity contribution in [3.05, 3.63) is 102 Å². The first-order valence-electron chi connectivity index (χ1n) is 11.3. The van der Waals surface area contributed by atoms with Gasteiger partial charge in [-0.15, -0.1) is 0 Å². The van der Waals surface area contributed by atoms with Crippen LogP contribution in [0.5, 0.6) is 5.75 Å². The smallest absolute Gasteiger partial charge is 0.253 e. The zero-order chi connectivity index (χ0) is 22.2. The lowest BCUT2D eigenvalue weighted by molar-refractivity contribution is 0.0791. The molecule has 1 fully saturated rings. The third-order valence-corrected chi connectivity index (χ3v) is 5.93. The van der Waals surface area contributed by atoms with Crippen molar-refractivity contribution in [1.29, 1.82) is 0 Å². The van der Waals surface area contributed by atoms with Crippen LogP contribution in [-0.4, -0.2) is 30.4 Å². The number of carbonyl (C=O) groups excluding carboxylic acids is 1. The van der Waals surface area contributed by atoms with Gasteiger partial charge in [0.05, 0.1) is 0 Å². The highest BCUT2D eigenvalue weighted by atomic mass is 16.5. The molecule has 4 rings (SSSR count). The van der Waals surface area contributed by atoms with E-state index in [1.165, 1.54) is 5.56 Å². The van der Waals surface area contributed by atoms with E-state index in [9.17, 15) is 4.79 Å². The van der Waals surface area contributed by atoms with Gasteiger partial charge >= 0.3 is 0 Å². The van der Waals surface area contributed by atoms with Crippen LogP contribution in [0.4, 0.5) is 0 Å². The van der Waals surface area contributed by atoms with Gasteiger partial charge in [-0.3, -0.25) is 15.6 Å². The Kier molecular flexibility index (Phi) is 7.54. The van der Waals surface area contributed by atoms with Gasteiger partial charge in [0, 0.05) is 31.2 Å². The average molecular weight is 430 g/mol. The van der Waals surface area contributed by atoms with Gasteiger partial charge in [-0.25, -0.2) is 0 Å². The number of hydrazine groups is 1. The summed E-state index contributed by atoms with van der Waals surface area (Å²) in [6.07, 6.45) is 3.06. The molecule has 1 aliphatic heterocycles. The summed E-state index contributed by atoms with van der Waals surface area (Å²) in [5.41, 5.74) is 9.86. The largest absolute Gasteiger partial charge is 0.489 e. The maximum Gasteiger partial charge on any atom is 0.253 e. The van der Waals surface area contributed by atoms with Crippen LogP contribution in [0.2, 0.25) is 0 Å². The van der Waals surface area contributed by atoms with E-state index in [2.05, 4.69) is 35.1 Å². The number of para-hydroxylation sites is 1. The molecule has 3 aromatic rings. The lowest BCUT2D eigenvalue weighted by Gasteiger charge is -2.18.